The van der Waals surface area contributed by atoms with Gasteiger partial charge in [-0.1, -0.05) is 32.9 Å². The Morgan fingerprint density at radius 3 is 2.23 bits per heavy atom. The highest BCUT2D eigenvalue weighted by atomic mass is 28.4. The maximum Gasteiger partial charge on any atom is 0.416 e. The van der Waals surface area contributed by atoms with Crippen molar-refractivity contribution in [1.82, 2.24) is 4.98 Å². The molecule has 0 saturated heterocycles. The zero-order valence-electron chi connectivity index (χ0n) is 23.5. The summed E-state index contributed by atoms with van der Waals surface area (Å²) in [5.41, 5.74) is 0.641. The molecule has 2 aromatic carbocycles. The molecule has 0 radical (unpaired) electrons. The minimum atomic E-state index is -4.56. The number of aryl methyl sites for hydroxylation is 1. The molecular weight excluding hydrogens is 537 g/mol. The Balaban J connectivity index is 1.60. The number of nitrogens with zero attached hydrogens (tertiary/aromatic N) is 1. The van der Waals surface area contributed by atoms with E-state index in [4.69, 9.17) is 4.43 Å². The zero-order valence-corrected chi connectivity index (χ0v) is 24.5. The number of aromatic nitrogens is 1. The van der Waals surface area contributed by atoms with Crippen LogP contribution in [0.4, 0.5) is 30.4 Å². The van der Waals surface area contributed by atoms with E-state index in [1.807, 2.05) is 0 Å². The third-order valence-electron chi connectivity index (χ3n) is 6.89. The first-order chi connectivity index (χ1) is 18.6. The van der Waals surface area contributed by atoms with Gasteiger partial charge in [-0.3, -0.25) is 9.59 Å². The quantitative estimate of drug-likeness (QED) is 0.184. The van der Waals surface area contributed by atoms with Gasteiger partial charge in [-0.25, -0.2) is 4.98 Å². The molecule has 214 valence electrons. The molecule has 3 rings (SSSR count). The van der Waals surface area contributed by atoms with Crippen LogP contribution in [0.25, 0.3) is 0 Å². The summed E-state index contributed by atoms with van der Waals surface area (Å²) in [5.74, 6) is -0.492. The Kier molecular flexibility index (Phi) is 9.42. The topological polar surface area (TPSA) is 92.4 Å². The van der Waals surface area contributed by atoms with Crippen LogP contribution in [0.3, 0.4) is 0 Å². The lowest BCUT2D eigenvalue weighted by molar-refractivity contribution is -0.137. The van der Waals surface area contributed by atoms with E-state index in [1.54, 1.807) is 31.2 Å². The molecule has 1 aromatic heterocycles. The molecule has 3 aromatic rings. The van der Waals surface area contributed by atoms with E-state index in [9.17, 15) is 22.8 Å². The lowest BCUT2D eigenvalue weighted by atomic mass is 10.1. The van der Waals surface area contributed by atoms with Crippen LogP contribution in [0, 0.1) is 6.92 Å². The van der Waals surface area contributed by atoms with Crippen molar-refractivity contribution in [3.63, 3.8) is 0 Å². The van der Waals surface area contributed by atoms with Crippen molar-refractivity contribution in [2.75, 3.05) is 29.1 Å². The minimum Gasteiger partial charge on any atom is -0.415 e. The maximum atomic E-state index is 13.0. The fraction of sp³-hybridized carbons (Fsp3) is 0.345. The highest BCUT2D eigenvalue weighted by molar-refractivity contribution is 6.74. The second-order valence-corrected chi connectivity index (χ2v) is 15.8. The van der Waals surface area contributed by atoms with Gasteiger partial charge in [0.2, 0.25) is 0 Å². The van der Waals surface area contributed by atoms with Crippen LogP contribution in [-0.4, -0.2) is 38.3 Å². The van der Waals surface area contributed by atoms with Crippen LogP contribution >= 0.6 is 0 Å². The number of benzene rings is 2. The van der Waals surface area contributed by atoms with Gasteiger partial charge in [-0.2, -0.15) is 13.2 Å². The first-order valence-corrected chi connectivity index (χ1v) is 15.7. The molecular formula is C29H35F3N4O3Si. The van der Waals surface area contributed by atoms with Gasteiger partial charge in [0.25, 0.3) is 11.8 Å². The summed E-state index contributed by atoms with van der Waals surface area (Å²) in [6.07, 6.45) is -3.03. The minimum absolute atomic E-state index is 0.136. The highest BCUT2D eigenvalue weighted by Gasteiger charge is 2.36. The highest BCUT2D eigenvalue weighted by Crippen LogP contribution is 2.36. The Morgan fingerprint density at radius 2 is 1.60 bits per heavy atom. The molecule has 0 saturated carbocycles. The third kappa shape index (κ3) is 8.15. The summed E-state index contributed by atoms with van der Waals surface area (Å²) in [6.45, 7) is 13.9. The molecule has 0 spiro atoms. The molecule has 0 atom stereocenters. The zero-order chi connectivity index (χ0) is 29.7. The van der Waals surface area contributed by atoms with Crippen LogP contribution in [0.2, 0.25) is 18.1 Å². The van der Waals surface area contributed by atoms with Crippen molar-refractivity contribution >= 4 is 37.3 Å². The second-order valence-electron chi connectivity index (χ2n) is 11.0. The summed E-state index contributed by atoms with van der Waals surface area (Å²) in [6, 6.07) is 12.3. The number of alkyl halides is 3. The van der Waals surface area contributed by atoms with Crippen molar-refractivity contribution in [2.45, 2.75) is 52.0 Å². The summed E-state index contributed by atoms with van der Waals surface area (Å²) >= 11 is 0. The summed E-state index contributed by atoms with van der Waals surface area (Å²) in [4.78, 5) is 29.9. The van der Waals surface area contributed by atoms with Gasteiger partial charge >= 0.3 is 6.18 Å². The third-order valence-corrected chi connectivity index (χ3v) is 11.4. The lowest BCUT2D eigenvalue weighted by Crippen LogP contribution is -2.41. The van der Waals surface area contributed by atoms with Gasteiger partial charge < -0.3 is 20.4 Å². The van der Waals surface area contributed by atoms with E-state index in [2.05, 4.69) is 54.8 Å². The monoisotopic (exact) mass is 572 g/mol. The number of rotatable bonds is 9. The predicted octanol–water partition coefficient (Wildman–Crippen LogP) is 7.35. The largest absolute Gasteiger partial charge is 0.416 e. The Labute approximate surface area is 233 Å². The van der Waals surface area contributed by atoms with Crippen LogP contribution in [0.1, 0.15) is 52.6 Å². The van der Waals surface area contributed by atoms with E-state index in [0.717, 1.165) is 12.1 Å². The molecule has 0 bridgehead atoms. The summed E-state index contributed by atoms with van der Waals surface area (Å²) < 4.78 is 45.2. The number of amides is 2. The normalized spacial score (nSPS) is 12.1. The molecule has 0 aliphatic heterocycles. The fourth-order valence-corrected chi connectivity index (χ4v) is 4.50. The first kappa shape index (κ1) is 30.8. The number of nitrogens with one attached hydrogen (secondary N) is 3. The second kappa shape index (κ2) is 12.2. The van der Waals surface area contributed by atoms with E-state index in [0.29, 0.717) is 35.8 Å². The van der Waals surface area contributed by atoms with Crippen molar-refractivity contribution in [3.05, 3.63) is 83.0 Å². The molecule has 11 heteroatoms. The van der Waals surface area contributed by atoms with Gasteiger partial charge in [-0.05, 0) is 73.1 Å². The summed E-state index contributed by atoms with van der Waals surface area (Å²) in [5, 5.41) is 8.69. The number of carbonyl (C=O) groups excluding carboxylic acids is 2. The standard InChI is InChI=1S/C29H35F3N4O3Si/c1-19-10-11-22(35-26(37)20-8-7-9-21(16-20)29(30,31)32)17-24(19)27(38)36-23-12-13-25(34-18-23)33-14-15-39-40(5,6)28(2,3)4/h7-13,16-18H,14-15H2,1-6H3,(H,33,34)(H,35,37)(H,36,38). The van der Waals surface area contributed by atoms with Crippen LogP contribution in [-0.2, 0) is 10.6 Å². The Morgan fingerprint density at radius 1 is 0.925 bits per heavy atom. The van der Waals surface area contributed by atoms with Crippen molar-refractivity contribution in [2.24, 2.45) is 0 Å². The van der Waals surface area contributed by atoms with Gasteiger partial charge in [0, 0.05) is 23.4 Å². The molecule has 3 N–H and O–H groups in total. The SMILES string of the molecule is Cc1ccc(NC(=O)c2cccc(C(F)(F)F)c2)cc1C(=O)Nc1ccc(NCCO[Si](C)(C)C(C)(C)C)nc1. The molecule has 0 fully saturated rings. The number of hydrogen-bond acceptors (Lipinski definition) is 5. The summed E-state index contributed by atoms with van der Waals surface area (Å²) in [7, 11) is -1.82. The number of hydrogen-bond donors (Lipinski definition) is 3. The van der Waals surface area contributed by atoms with E-state index in [1.165, 1.54) is 24.4 Å². The van der Waals surface area contributed by atoms with Gasteiger partial charge in [0.1, 0.15) is 5.82 Å². The molecule has 2 amide bonds. The van der Waals surface area contributed by atoms with Crippen LogP contribution in [0.5, 0.6) is 0 Å². The maximum absolute atomic E-state index is 13.0. The Hall–Kier alpha value is -3.70. The molecule has 7 nitrogen and oxygen atoms in total. The lowest BCUT2D eigenvalue weighted by Gasteiger charge is -2.36. The van der Waals surface area contributed by atoms with Gasteiger partial charge in [0.15, 0.2) is 8.32 Å². The van der Waals surface area contributed by atoms with Crippen molar-refractivity contribution in [1.29, 1.82) is 0 Å². The van der Waals surface area contributed by atoms with Crippen molar-refractivity contribution in [3.8, 4) is 0 Å². The predicted molar refractivity (Wildman–Crippen MR) is 154 cm³/mol. The number of halogens is 3. The Bertz CT molecular complexity index is 1350. The molecule has 1 heterocycles. The van der Waals surface area contributed by atoms with Gasteiger partial charge in [-0.15, -0.1) is 0 Å². The van der Waals surface area contributed by atoms with Crippen LogP contribution < -0.4 is 16.0 Å². The molecule has 0 unspecified atom stereocenters. The molecule has 0 aliphatic carbocycles. The smallest absolute Gasteiger partial charge is 0.415 e. The number of carbonyl (C=O) groups is 2. The van der Waals surface area contributed by atoms with Gasteiger partial charge in [0.05, 0.1) is 24.1 Å². The molecule has 40 heavy (non-hydrogen) atoms. The fourth-order valence-electron chi connectivity index (χ4n) is 3.46. The van der Waals surface area contributed by atoms with E-state index >= 15 is 0 Å². The number of anilines is 3. The van der Waals surface area contributed by atoms with Crippen molar-refractivity contribution < 1.29 is 27.2 Å². The van der Waals surface area contributed by atoms with E-state index in [-0.39, 0.29) is 16.3 Å². The van der Waals surface area contributed by atoms with Crippen LogP contribution in [0.15, 0.2) is 60.8 Å². The average Bonchev–Trinajstić information content (AvgIpc) is 2.87. The average molecular weight is 573 g/mol. The van der Waals surface area contributed by atoms with E-state index < -0.39 is 31.9 Å². The number of pyridine rings is 1. The first-order valence-electron chi connectivity index (χ1n) is 12.8. The molecule has 0 aliphatic rings.